The van der Waals surface area contributed by atoms with E-state index in [-0.39, 0.29) is 17.9 Å². The fourth-order valence-electron chi connectivity index (χ4n) is 2.38. The highest BCUT2D eigenvalue weighted by Crippen LogP contribution is 2.26. The minimum Gasteiger partial charge on any atom is -0.507 e. The van der Waals surface area contributed by atoms with Gasteiger partial charge in [0.2, 0.25) is 0 Å². The number of hydrogen-bond acceptors (Lipinski definition) is 4. The largest absolute Gasteiger partial charge is 0.507 e. The van der Waals surface area contributed by atoms with Crippen LogP contribution in [0.3, 0.4) is 0 Å². The molecule has 0 saturated carbocycles. The normalized spacial score (nSPS) is 16.3. The second-order valence-electron chi connectivity index (χ2n) is 5.41. The molecular formula is C18H13BrN2O4. The number of halogens is 1. The Bertz CT molecular complexity index is 893. The maximum Gasteiger partial charge on any atom is 0.331 e. The molecule has 1 saturated heterocycles. The number of carbonyl (C=O) groups excluding carboxylic acids is 3. The fourth-order valence-corrected chi connectivity index (χ4v) is 2.78. The minimum atomic E-state index is -0.747. The lowest BCUT2D eigenvalue weighted by atomic mass is 10.1. The van der Waals surface area contributed by atoms with Gasteiger partial charge in [0, 0.05) is 0 Å². The number of aromatic hydroxyl groups is 1. The van der Waals surface area contributed by atoms with Gasteiger partial charge in [0.1, 0.15) is 11.3 Å². The zero-order chi connectivity index (χ0) is 18.0. The zero-order valence-corrected chi connectivity index (χ0v) is 14.5. The zero-order valence-electron chi connectivity index (χ0n) is 12.9. The van der Waals surface area contributed by atoms with Crippen LogP contribution in [0.4, 0.5) is 4.79 Å². The summed E-state index contributed by atoms with van der Waals surface area (Å²) in [4.78, 5) is 37.7. The Morgan fingerprint density at radius 2 is 1.80 bits per heavy atom. The van der Waals surface area contributed by atoms with Gasteiger partial charge < -0.3 is 5.11 Å². The van der Waals surface area contributed by atoms with Gasteiger partial charge in [0.15, 0.2) is 0 Å². The lowest BCUT2D eigenvalue weighted by Crippen LogP contribution is -2.53. The minimum absolute atomic E-state index is 0.0439. The van der Waals surface area contributed by atoms with Gasteiger partial charge in [0.05, 0.1) is 11.0 Å². The van der Waals surface area contributed by atoms with Gasteiger partial charge in [-0.1, -0.05) is 36.4 Å². The van der Waals surface area contributed by atoms with Crippen LogP contribution >= 0.6 is 15.9 Å². The van der Waals surface area contributed by atoms with Gasteiger partial charge in [-0.3, -0.25) is 19.8 Å². The fraction of sp³-hybridized carbons (Fsp3) is 0.0556. The van der Waals surface area contributed by atoms with Crippen molar-refractivity contribution in [1.29, 1.82) is 0 Å². The number of hydrogen-bond donors (Lipinski definition) is 2. The number of rotatable bonds is 3. The van der Waals surface area contributed by atoms with Crippen molar-refractivity contribution in [3.63, 3.8) is 0 Å². The number of benzene rings is 2. The third-order valence-corrected chi connectivity index (χ3v) is 4.29. The molecule has 0 spiro atoms. The molecule has 0 atom stereocenters. The van der Waals surface area contributed by atoms with Crippen molar-refractivity contribution in [2.24, 2.45) is 0 Å². The van der Waals surface area contributed by atoms with Crippen LogP contribution in [0.2, 0.25) is 0 Å². The molecule has 0 aliphatic carbocycles. The Labute approximate surface area is 151 Å². The third-order valence-electron chi connectivity index (χ3n) is 3.65. The Balaban J connectivity index is 1.92. The third kappa shape index (κ3) is 3.61. The molecule has 0 aromatic heterocycles. The van der Waals surface area contributed by atoms with E-state index in [1.54, 1.807) is 36.4 Å². The number of amides is 4. The van der Waals surface area contributed by atoms with E-state index < -0.39 is 17.8 Å². The van der Waals surface area contributed by atoms with Gasteiger partial charge in [0.25, 0.3) is 11.8 Å². The molecule has 1 aliphatic rings. The van der Waals surface area contributed by atoms with Crippen molar-refractivity contribution in [3.8, 4) is 5.75 Å². The van der Waals surface area contributed by atoms with E-state index in [0.717, 1.165) is 10.5 Å². The number of urea groups is 1. The maximum absolute atomic E-state index is 12.6. The van der Waals surface area contributed by atoms with E-state index in [0.29, 0.717) is 10.0 Å². The van der Waals surface area contributed by atoms with E-state index in [1.807, 2.05) is 6.07 Å². The average molecular weight is 401 g/mol. The molecule has 25 heavy (non-hydrogen) atoms. The number of nitrogens with zero attached hydrogens (tertiary/aromatic N) is 1. The molecule has 1 heterocycles. The van der Waals surface area contributed by atoms with Crippen molar-refractivity contribution >= 4 is 39.9 Å². The Morgan fingerprint density at radius 3 is 2.48 bits per heavy atom. The van der Waals surface area contributed by atoms with Crippen molar-refractivity contribution in [1.82, 2.24) is 10.2 Å². The first kappa shape index (κ1) is 16.9. The summed E-state index contributed by atoms with van der Waals surface area (Å²) in [5.74, 6) is -1.37. The number of carbonyl (C=O) groups is 3. The van der Waals surface area contributed by atoms with Crippen molar-refractivity contribution < 1.29 is 19.5 Å². The molecule has 7 heteroatoms. The molecule has 4 amide bonds. The monoisotopic (exact) mass is 400 g/mol. The SMILES string of the molecule is O=C1NC(=O)N(Cc2ccccc2)C(=O)C1=Cc1ccc(O)c(Br)c1. The van der Waals surface area contributed by atoms with Crippen molar-refractivity contribution in [2.45, 2.75) is 6.54 Å². The van der Waals surface area contributed by atoms with Gasteiger partial charge in [-0.05, 0) is 45.3 Å². The first-order valence-corrected chi connectivity index (χ1v) is 8.16. The van der Waals surface area contributed by atoms with Gasteiger partial charge >= 0.3 is 6.03 Å². The summed E-state index contributed by atoms with van der Waals surface area (Å²) in [5, 5.41) is 11.7. The van der Waals surface area contributed by atoms with Crippen LogP contribution in [0, 0.1) is 0 Å². The molecule has 0 radical (unpaired) electrons. The molecule has 0 bridgehead atoms. The number of barbiturate groups is 1. The van der Waals surface area contributed by atoms with Gasteiger partial charge in [-0.25, -0.2) is 4.79 Å². The average Bonchev–Trinajstić information content (AvgIpc) is 2.59. The topological polar surface area (TPSA) is 86.7 Å². The van der Waals surface area contributed by atoms with Gasteiger partial charge in [-0.2, -0.15) is 0 Å². The lowest BCUT2D eigenvalue weighted by Gasteiger charge is -2.26. The van der Waals surface area contributed by atoms with Crippen molar-refractivity contribution in [3.05, 3.63) is 69.7 Å². The van der Waals surface area contributed by atoms with Gasteiger partial charge in [-0.15, -0.1) is 0 Å². The second-order valence-corrected chi connectivity index (χ2v) is 6.26. The first-order chi connectivity index (χ1) is 12.0. The van der Waals surface area contributed by atoms with Crippen LogP contribution in [-0.4, -0.2) is 27.9 Å². The summed E-state index contributed by atoms with van der Waals surface area (Å²) in [6.07, 6.45) is 1.38. The van der Waals surface area contributed by atoms with Crippen LogP contribution in [-0.2, 0) is 16.1 Å². The predicted octanol–water partition coefficient (Wildman–Crippen LogP) is 2.82. The number of phenols is 1. The van der Waals surface area contributed by atoms with Crippen LogP contribution in [0.1, 0.15) is 11.1 Å². The van der Waals surface area contributed by atoms with Crippen LogP contribution < -0.4 is 5.32 Å². The molecule has 2 aromatic carbocycles. The summed E-state index contributed by atoms with van der Waals surface area (Å²) in [6, 6.07) is 12.8. The Morgan fingerprint density at radius 1 is 1.08 bits per heavy atom. The van der Waals surface area contributed by atoms with E-state index in [1.165, 1.54) is 12.1 Å². The smallest absolute Gasteiger partial charge is 0.331 e. The van der Waals surface area contributed by atoms with E-state index in [9.17, 15) is 19.5 Å². The molecule has 2 N–H and O–H groups in total. The second kappa shape index (κ2) is 6.90. The predicted molar refractivity (Wildman–Crippen MR) is 94.3 cm³/mol. The molecular weight excluding hydrogens is 388 g/mol. The van der Waals surface area contributed by atoms with E-state index >= 15 is 0 Å². The molecule has 126 valence electrons. The summed E-state index contributed by atoms with van der Waals surface area (Å²) >= 11 is 3.18. The number of imide groups is 2. The maximum atomic E-state index is 12.6. The standard InChI is InChI=1S/C18H13BrN2O4/c19-14-9-12(6-7-15(14)22)8-13-16(23)20-18(25)21(17(13)24)10-11-4-2-1-3-5-11/h1-9,22H,10H2,(H,20,23,25). The lowest BCUT2D eigenvalue weighted by molar-refractivity contribution is -0.130. The highest BCUT2D eigenvalue weighted by atomic mass is 79.9. The quantitative estimate of drug-likeness (QED) is 0.612. The van der Waals surface area contributed by atoms with E-state index in [4.69, 9.17) is 0 Å². The van der Waals surface area contributed by atoms with Crippen LogP contribution in [0.25, 0.3) is 6.08 Å². The molecule has 3 rings (SSSR count). The molecule has 1 aliphatic heterocycles. The summed E-state index contributed by atoms with van der Waals surface area (Å²) in [7, 11) is 0. The van der Waals surface area contributed by atoms with E-state index in [2.05, 4.69) is 21.2 Å². The highest BCUT2D eigenvalue weighted by molar-refractivity contribution is 9.10. The molecule has 6 nitrogen and oxygen atoms in total. The molecule has 1 fully saturated rings. The highest BCUT2D eigenvalue weighted by Gasteiger charge is 2.35. The number of phenolic OH excluding ortho intramolecular Hbond substituents is 1. The van der Waals surface area contributed by atoms with Crippen LogP contribution in [0.15, 0.2) is 58.6 Å². The van der Waals surface area contributed by atoms with Crippen molar-refractivity contribution in [2.75, 3.05) is 0 Å². The number of nitrogens with one attached hydrogen (secondary N) is 1. The summed E-state index contributed by atoms with van der Waals surface area (Å²) in [5.41, 5.74) is 1.16. The summed E-state index contributed by atoms with van der Waals surface area (Å²) in [6.45, 7) is 0.0649. The summed E-state index contributed by atoms with van der Waals surface area (Å²) < 4.78 is 0.433. The molecule has 0 unspecified atom stereocenters. The van der Waals surface area contributed by atoms with Crippen LogP contribution in [0.5, 0.6) is 5.75 Å². The first-order valence-electron chi connectivity index (χ1n) is 7.37. The Kier molecular flexibility index (Phi) is 4.67. The molecule has 2 aromatic rings. The Hall–Kier alpha value is -2.93.